The molecule has 0 aliphatic carbocycles. The van der Waals surface area contributed by atoms with Gasteiger partial charge in [-0.15, -0.1) is 0 Å². The summed E-state index contributed by atoms with van der Waals surface area (Å²) in [6.45, 7) is 0. The van der Waals surface area contributed by atoms with E-state index in [0.717, 1.165) is 77.2 Å². The third-order valence-electron chi connectivity index (χ3n) is 10.6. The van der Waals surface area contributed by atoms with Crippen molar-refractivity contribution in [3.8, 4) is 62.1 Å². The molecule has 0 radical (unpaired) electrons. The maximum absolute atomic E-state index is 6.69. The Morgan fingerprint density at radius 2 is 0.875 bits per heavy atom. The van der Waals surface area contributed by atoms with Gasteiger partial charge in [0.2, 0.25) is 0 Å². The first-order valence-electron chi connectivity index (χ1n) is 18.8. The first-order valence-corrected chi connectivity index (χ1v) is 18.8. The molecule has 0 spiro atoms. The predicted molar refractivity (Wildman–Crippen MR) is 229 cm³/mol. The molecule has 262 valence electrons. The second-order valence-corrected chi connectivity index (χ2v) is 14.0. The van der Waals surface area contributed by atoms with Gasteiger partial charge in [0, 0.05) is 43.9 Å². The number of aromatic nitrogens is 4. The van der Waals surface area contributed by atoms with Crippen LogP contribution in [0.4, 0.5) is 0 Å². The summed E-state index contributed by atoms with van der Waals surface area (Å²) in [5, 5.41) is 4.25. The van der Waals surface area contributed by atoms with Gasteiger partial charge in [-0.05, 0) is 64.7 Å². The van der Waals surface area contributed by atoms with E-state index in [9.17, 15) is 0 Å². The lowest BCUT2D eigenvalue weighted by Crippen LogP contribution is -2.00. The van der Waals surface area contributed by atoms with Crippen LogP contribution in [-0.2, 0) is 0 Å². The van der Waals surface area contributed by atoms with Crippen LogP contribution in [0.3, 0.4) is 0 Å². The Bertz CT molecular complexity index is 3110. The molecule has 0 saturated carbocycles. The van der Waals surface area contributed by atoms with Crippen LogP contribution in [0.5, 0.6) is 0 Å². The summed E-state index contributed by atoms with van der Waals surface area (Å²) in [5.41, 5.74) is 12.3. The third kappa shape index (κ3) is 5.37. The van der Waals surface area contributed by atoms with Gasteiger partial charge in [0.15, 0.2) is 17.5 Å². The third-order valence-corrected chi connectivity index (χ3v) is 10.6. The van der Waals surface area contributed by atoms with Crippen LogP contribution in [0.25, 0.3) is 106 Å². The molecule has 0 bridgehead atoms. The standard InChI is InChI=1S/C51H32N4O/c1-5-16-33(17-6-1)37-28-38(34-18-7-2-8-19-34)30-39(29-37)55-44-26-14-13-24-40(44)42-32-47-43(31-45(42)55)48-41(25-15-27-46(48)56-47)51-53-49(35-20-9-3-10-21-35)52-50(54-51)36-22-11-4-12-23-36/h1-32H. The van der Waals surface area contributed by atoms with Crippen molar-refractivity contribution >= 4 is 43.7 Å². The Labute approximate surface area is 322 Å². The highest BCUT2D eigenvalue weighted by molar-refractivity contribution is 6.19. The Morgan fingerprint density at radius 1 is 0.339 bits per heavy atom. The van der Waals surface area contributed by atoms with E-state index >= 15 is 0 Å². The molecular weight excluding hydrogens is 685 g/mol. The van der Waals surface area contributed by atoms with E-state index in [4.69, 9.17) is 19.4 Å². The molecule has 5 heteroatoms. The van der Waals surface area contributed by atoms with Gasteiger partial charge in [-0.2, -0.15) is 0 Å². The molecule has 0 aliphatic rings. The fraction of sp³-hybridized carbons (Fsp3) is 0. The SMILES string of the molecule is c1ccc(-c2cc(-c3ccccc3)cc(-n3c4ccccc4c4cc5oc6cccc(-c7nc(-c8ccccc8)nc(-c8ccccc8)n7)c6c5cc43)c2)cc1. The number of hydrogen-bond acceptors (Lipinski definition) is 4. The van der Waals surface area contributed by atoms with Crippen molar-refractivity contribution in [3.63, 3.8) is 0 Å². The molecule has 0 atom stereocenters. The Hall–Kier alpha value is -7.63. The summed E-state index contributed by atoms with van der Waals surface area (Å²) in [6.07, 6.45) is 0. The van der Waals surface area contributed by atoms with E-state index in [1.54, 1.807) is 0 Å². The fourth-order valence-electron chi connectivity index (χ4n) is 8.02. The first-order chi connectivity index (χ1) is 27.7. The number of hydrogen-bond donors (Lipinski definition) is 0. The molecule has 3 aromatic heterocycles. The van der Waals surface area contributed by atoms with Crippen molar-refractivity contribution in [2.75, 3.05) is 0 Å². The van der Waals surface area contributed by atoms with Crippen molar-refractivity contribution in [3.05, 3.63) is 194 Å². The molecule has 8 aromatic carbocycles. The zero-order valence-corrected chi connectivity index (χ0v) is 30.2. The molecule has 56 heavy (non-hydrogen) atoms. The van der Waals surface area contributed by atoms with Gasteiger partial charge in [-0.25, -0.2) is 15.0 Å². The van der Waals surface area contributed by atoms with Gasteiger partial charge in [-0.3, -0.25) is 0 Å². The average molecular weight is 717 g/mol. The molecule has 3 heterocycles. The Balaban J connectivity index is 1.19. The largest absolute Gasteiger partial charge is 0.456 e. The monoisotopic (exact) mass is 716 g/mol. The number of benzene rings is 8. The zero-order valence-electron chi connectivity index (χ0n) is 30.2. The van der Waals surface area contributed by atoms with Crippen LogP contribution in [0.1, 0.15) is 0 Å². The van der Waals surface area contributed by atoms with E-state index in [1.165, 1.54) is 11.1 Å². The summed E-state index contributed by atoms with van der Waals surface area (Å²) in [7, 11) is 0. The molecule has 11 aromatic rings. The molecule has 0 saturated heterocycles. The molecule has 0 unspecified atom stereocenters. The van der Waals surface area contributed by atoms with Gasteiger partial charge >= 0.3 is 0 Å². The van der Waals surface area contributed by atoms with Crippen molar-refractivity contribution in [1.82, 2.24) is 19.5 Å². The van der Waals surface area contributed by atoms with E-state index in [-0.39, 0.29) is 0 Å². The quantitative estimate of drug-likeness (QED) is 0.172. The summed E-state index contributed by atoms with van der Waals surface area (Å²) >= 11 is 0. The molecule has 0 amide bonds. The highest BCUT2D eigenvalue weighted by atomic mass is 16.3. The summed E-state index contributed by atoms with van der Waals surface area (Å²) in [6, 6.07) is 67.6. The number of rotatable bonds is 6. The maximum Gasteiger partial charge on any atom is 0.164 e. The second kappa shape index (κ2) is 13.0. The minimum atomic E-state index is 0.592. The van der Waals surface area contributed by atoms with E-state index in [2.05, 4.69) is 126 Å². The van der Waals surface area contributed by atoms with E-state index in [1.807, 2.05) is 72.8 Å². The predicted octanol–water partition coefficient (Wildman–Crippen LogP) is 13.2. The molecule has 11 rings (SSSR count). The van der Waals surface area contributed by atoms with Gasteiger partial charge in [-0.1, -0.05) is 152 Å². The second-order valence-electron chi connectivity index (χ2n) is 14.0. The first kappa shape index (κ1) is 31.9. The van der Waals surface area contributed by atoms with Crippen LogP contribution < -0.4 is 0 Å². The number of furan rings is 1. The minimum Gasteiger partial charge on any atom is -0.456 e. The van der Waals surface area contributed by atoms with Crippen molar-refractivity contribution < 1.29 is 4.42 Å². The lowest BCUT2D eigenvalue weighted by molar-refractivity contribution is 0.669. The van der Waals surface area contributed by atoms with Gasteiger partial charge < -0.3 is 8.98 Å². The highest BCUT2D eigenvalue weighted by Crippen LogP contribution is 2.42. The van der Waals surface area contributed by atoms with Gasteiger partial charge in [0.1, 0.15) is 11.2 Å². The van der Waals surface area contributed by atoms with Crippen LogP contribution in [0, 0.1) is 0 Å². The van der Waals surface area contributed by atoms with Crippen LogP contribution >= 0.6 is 0 Å². The average Bonchev–Trinajstić information content (AvgIpc) is 3.81. The Morgan fingerprint density at radius 3 is 1.48 bits per heavy atom. The topological polar surface area (TPSA) is 56.7 Å². The number of para-hydroxylation sites is 1. The van der Waals surface area contributed by atoms with Gasteiger partial charge in [0.25, 0.3) is 0 Å². The molecular formula is C51H32N4O. The number of nitrogens with zero attached hydrogens (tertiary/aromatic N) is 4. The van der Waals surface area contributed by atoms with Gasteiger partial charge in [0.05, 0.1) is 11.0 Å². The summed E-state index contributed by atoms with van der Waals surface area (Å²) in [4.78, 5) is 15.2. The van der Waals surface area contributed by atoms with E-state index < -0.39 is 0 Å². The van der Waals surface area contributed by atoms with Crippen LogP contribution in [0.15, 0.2) is 199 Å². The minimum absolute atomic E-state index is 0.592. The van der Waals surface area contributed by atoms with Crippen molar-refractivity contribution in [1.29, 1.82) is 0 Å². The lowest BCUT2D eigenvalue weighted by Gasteiger charge is -2.14. The van der Waals surface area contributed by atoms with E-state index in [0.29, 0.717) is 17.5 Å². The lowest BCUT2D eigenvalue weighted by atomic mass is 9.98. The molecule has 0 fully saturated rings. The highest BCUT2D eigenvalue weighted by Gasteiger charge is 2.21. The molecule has 0 N–H and O–H groups in total. The molecule has 0 aliphatic heterocycles. The smallest absolute Gasteiger partial charge is 0.164 e. The van der Waals surface area contributed by atoms with Crippen molar-refractivity contribution in [2.45, 2.75) is 0 Å². The number of fused-ring (bicyclic) bond motifs is 6. The van der Waals surface area contributed by atoms with Crippen LogP contribution in [0.2, 0.25) is 0 Å². The van der Waals surface area contributed by atoms with Crippen molar-refractivity contribution in [2.24, 2.45) is 0 Å². The fourth-order valence-corrected chi connectivity index (χ4v) is 8.02. The Kier molecular flexibility index (Phi) is 7.42. The zero-order chi connectivity index (χ0) is 37.0. The summed E-state index contributed by atoms with van der Waals surface area (Å²) in [5.74, 6) is 1.83. The maximum atomic E-state index is 6.69. The molecule has 5 nitrogen and oxygen atoms in total. The summed E-state index contributed by atoms with van der Waals surface area (Å²) < 4.78 is 9.09. The van der Waals surface area contributed by atoms with Crippen LogP contribution in [-0.4, -0.2) is 19.5 Å². The normalized spacial score (nSPS) is 11.6.